The summed E-state index contributed by atoms with van der Waals surface area (Å²) in [5.41, 5.74) is 1.58. The standard InChI is InChI=1S/C24H34N4O3.HI/c1-17(2)31-21-13-9-19(10-14-21)27-23(26-16-22(29)28-24(3,4)5)25-15-18-7-11-20(30-6)12-8-18;/h7-14,17H,15-16H2,1-6H3,(H,28,29)(H2,25,26,27);1H. The number of hydrogen-bond acceptors (Lipinski definition) is 4. The fourth-order valence-corrected chi connectivity index (χ4v) is 2.69. The zero-order valence-electron chi connectivity index (χ0n) is 19.7. The molecule has 0 bridgehead atoms. The van der Waals surface area contributed by atoms with Crippen LogP contribution in [-0.2, 0) is 11.3 Å². The van der Waals surface area contributed by atoms with Gasteiger partial charge in [-0.3, -0.25) is 4.79 Å². The number of aliphatic imine (C=N–C) groups is 1. The van der Waals surface area contributed by atoms with Crippen LogP contribution in [0.3, 0.4) is 0 Å². The lowest BCUT2D eigenvalue weighted by Gasteiger charge is -2.21. The van der Waals surface area contributed by atoms with Gasteiger partial charge >= 0.3 is 0 Å². The van der Waals surface area contributed by atoms with E-state index < -0.39 is 0 Å². The van der Waals surface area contributed by atoms with E-state index in [-0.39, 0.29) is 48.1 Å². The Hall–Kier alpha value is -2.49. The van der Waals surface area contributed by atoms with Gasteiger partial charge < -0.3 is 25.4 Å². The van der Waals surface area contributed by atoms with Crippen LogP contribution in [0.1, 0.15) is 40.2 Å². The lowest BCUT2D eigenvalue weighted by atomic mass is 10.1. The Morgan fingerprint density at radius 2 is 1.59 bits per heavy atom. The van der Waals surface area contributed by atoms with E-state index in [4.69, 9.17) is 9.47 Å². The van der Waals surface area contributed by atoms with E-state index in [0.717, 1.165) is 22.7 Å². The molecule has 1 amide bonds. The topological polar surface area (TPSA) is 84.0 Å². The van der Waals surface area contributed by atoms with E-state index in [1.807, 2.05) is 83.1 Å². The van der Waals surface area contributed by atoms with Crippen LogP contribution >= 0.6 is 24.0 Å². The molecule has 0 aliphatic rings. The van der Waals surface area contributed by atoms with Crippen LogP contribution in [0, 0.1) is 0 Å². The number of rotatable bonds is 8. The van der Waals surface area contributed by atoms with Gasteiger partial charge in [0.2, 0.25) is 5.91 Å². The maximum Gasteiger partial charge on any atom is 0.239 e. The van der Waals surface area contributed by atoms with Crippen LogP contribution in [0.5, 0.6) is 11.5 Å². The molecule has 0 atom stereocenters. The van der Waals surface area contributed by atoms with Crippen molar-refractivity contribution in [1.29, 1.82) is 0 Å². The van der Waals surface area contributed by atoms with Gasteiger partial charge in [0.05, 0.1) is 26.3 Å². The van der Waals surface area contributed by atoms with E-state index in [9.17, 15) is 4.79 Å². The molecule has 0 radical (unpaired) electrons. The van der Waals surface area contributed by atoms with Crippen LogP contribution in [0.4, 0.5) is 5.69 Å². The summed E-state index contributed by atoms with van der Waals surface area (Å²) in [6.07, 6.45) is 0.114. The maximum atomic E-state index is 12.2. The summed E-state index contributed by atoms with van der Waals surface area (Å²) in [7, 11) is 1.64. The van der Waals surface area contributed by atoms with E-state index in [1.54, 1.807) is 7.11 Å². The fourth-order valence-electron chi connectivity index (χ4n) is 2.69. The Morgan fingerprint density at radius 1 is 1.00 bits per heavy atom. The molecule has 0 aromatic heterocycles. The molecule has 3 N–H and O–H groups in total. The second-order valence-corrected chi connectivity index (χ2v) is 8.48. The number of anilines is 1. The van der Waals surface area contributed by atoms with Crippen molar-refractivity contribution >= 4 is 41.5 Å². The van der Waals surface area contributed by atoms with Gasteiger partial charge in [-0.1, -0.05) is 12.1 Å². The molecule has 2 rings (SSSR count). The van der Waals surface area contributed by atoms with Crippen molar-refractivity contribution in [1.82, 2.24) is 10.6 Å². The molecule has 2 aromatic carbocycles. The van der Waals surface area contributed by atoms with Crippen molar-refractivity contribution in [3.63, 3.8) is 0 Å². The van der Waals surface area contributed by atoms with Gasteiger partial charge in [0.15, 0.2) is 5.96 Å². The predicted molar refractivity (Wildman–Crippen MR) is 141 cm³/mol. The number of methoxy groups -OCH3 is 1. The largest absolute Gasteiger partial charge is 0.497 e. The van der Waals surface area contributed by atoms with E-state index in [0.29, 0.717) is 12.5 Å². The van der Waals surface area contributed by atoms with Crippen molar-refractivity contribution in [3.05, 3.63) is 54.1 Å². The normalized spacial score (nSPS) is 11.4. The summed E-state index contributed by atoms with van der Waals surface area (Å²) in [4.78, 5) is 16.8. The Balaban J connectivity index is 0.00000512. The van der Waals surface area contributed by atoms with E-state index in [2.05, 4.69) is 20.9 Å². The van der Waals surface area contributed by atoms with Crippen molar-refractivity contribution in [2.75, 3.05) is 19.0 Å². The molecular weight excluding hydrogens is 519 g/mol. The van der Waals surface area contributed by atoms with Crippen molar-refractivity contribution in [3.8, 4) is 11.5 Å². The highest BCUT2D eigenvalue weighted by Gasteiger charge is 2.14. The van der Waals surface area contributed by atoms with Gasteiger partial charge in [0.1, 0.15) is 11.5 Å². The number of halogens is 1. The number of guanidine groups is 1. The second-order valence-electron chi connectivity index (χ2n) is 8.48. The average Bonchev–Trinajstić information content (AvgIpc) is 2.70. The van der Waals surface area contributed by atoms with Crippen molar-refractivity contribution in [2.45, 2.75) is 52.8 Å². The zero-order valence-corrected chi connectivity index (χ0v) is 22.0. The number of nitrogens with zero attached hydrogens (tertiary/aromatic N) is 1. The minimum absolute atomic E-state index is 0. The Labute approximate surface area is 208 Å². The number of benzene rings is 2. The molecule has 0 aliphatic heterocycles. The van der Waals surface area contributed by atoms with Crippen LogP contribution in [0.2, 0.25) is 0 Å². The molecule has 0 spiro atoms. The molecule has 0 fully saturated rings. The lowest BCUT2D eigenvalue weighted by molar-refractivity contribution is -0.121. The zero-order chi connectivity index (χ0) is 22.9. The highest BCUT2D eigenvalue weighted by Crippen LogP contribution is 2.17. The van der Waals surface area contributed by atoms with E-state index >= 15 is 0 Å². The van der Waals surface area contributed by atoms with E-state index in [1.165, 1.54) is 0 Å². The van der Waals surface area contributed by atoms with Crippen LogP contribution < -0.4 is 25.4 Å². The first-order valence-electron chi connectivity index (χ1n) is 10.4. The van der Waals surface area contributed by atoms with Crippen molar-refractivity contribution in [2.24, 2.45) is 4.99 Å². The maximum absolute atomic E-state index is 12.2. The monoisotopic (exact) mass is 554 g/mol. The average molecular weight is 554 g/mol. The number of carbonyl (C=O) groups excluding carboxylic acids is 1. The number of ether oxygens (including phenoxy) is 2. The minimum atomic E-state index is -0.293. The van der Waals surface area contributed by atoms with Gasteiger partial charge in [0, 0.05) is 11.2 Å². The van der Waals surface area contributed by atoms with Crippen molar-refractivity contribution < 1.29 is 14.3 Å². The summed E-state index contributed by atoms with van der Waals surface area (Å²) in [6, 6.07) is 15.3. The summed E-state index contributed by atoms with van der Waals surface area (Å²) >= 11 is 0. The predicted octanol–water partition coefficient (Wildman–Crippen LogP) is 4.57. The first kappa shape index (κ1) is 27.5. The molecule has 8 heteroatoms. The Bertz CT molecular complexity index is 860. The first-order valence-corrected chi connectivity index (χ1v) is 10.4. The van der Waals surface area contributed by atoms with Gasteiger partial charge in [-0.15, -0.1) is 24.0 Å². The molecule has 0 aliphatic carbocycles. The highest BCUT2D eigenvalue weighted by atomic mass is 127. The molecule has 7 nitrogen and oxygen atoms in total. The Morgan fingerprint density at radius 3 is 2.12 bits per heavy atom. The van der Waals surface area contributed by atoms with Crippen LogP contribution in [-0.4, -0.2) is 37.2 Å². The summed E-state index contributed by atoms with van der Waals surface area (Å²) < 4.78 is 10.9. The summed E-state index contributed by atoms with van der Waals surface area (Å²) in [5, 5.41) is 9.29. The smallest absolute Gasteiger partial charge is 0.239 e. The number of amides is 1. The molecule has 0 saturated carbocycles. The highest BCUT2D eigenvalue weighted by molar-refractivity contribution is 14.0. The van der Waals surface area contributed by atoms with Gasteiger partial charge in [0.25, 0.3) is 0 Å². The SMILES string of the molecule is COc1ccc(CN=C(NCC(=O)NC(C)(C)C)Nc2ccc(OC(C)C)cc2)cc1.I. The molecule has 0 unspecified atom stereocenters. The fraction of sp³-hybridized carbons (Fsp3) is 0.417. The summed E-state index contributed by atoms with van der Waals surface area (Å²) in [6.45, 7) is 10.4. The van der Waals surface area contributed by atoms with Gasteiger partial charge in [-0.2, -0.15) is 0 Å². The number of nitrogens with one attached hydrogen (secondary N) is 3. The minimum Gasteiger partial charge on any atom is -0.497 e. The lowest BCUT2D eigenvalue weighted by Crippen LogP contribution is -2.46. The third kappa shape index (κ3) is 10.7. The number of carbonyl (C=O) groups is 1. The quantitative estimate of drug-likeness (QED) is 0.253. The second kappa shape index (κ2) is 13.1. The van der Waals surface area contributed by atoms with Crippen LogP contribution in [0.25, 0.3) is 0 Å². The molecule has 0 heterocycles. The molecule has 2 aromatic rings. The summed E-state index contributed by atoms with van der Waals surface area (Å²) in [5.74, 6) is 2.01. The molecule has 32 heavy (non-hydrogen) atoms. The van der Waals surface area contributed by atoms with Gasteiger partial charge in [-0.05, 0) is 76.6 Å². The molecule has 0 saturated heterocycles. The van der Waals surface area contributed by atoms with Gasteiger partial charge in [-0.25, -0.2) is 4.99 Å². The Kier molecular flexibility index (Phi) is 11.3. The van der Waals surface area contributed by atoms with Crippen LogP contribution in [0.15, 0.2) is 53.5 Å². The third-order valence-corrected chi connectivity index (χ3v) is 4.00. The number of hydrogen-bond donors (Lipinski definition) is 3. The molecular formula is C24H35IN4O3. The molecule has 176 valence electrons. The first-order chi connectivity index (χ1) is 14.6. The third-order valence-electron chi connectivity index (χ3n) is 4.00.